The second-order valence-electron chi connectivity index (χ2n) is 5.52. The Balaban J connectivity index is 1.52. The third-order valence-corrected chi connectivity index (χ3v) is 3.78. The van der Waals surface area contributed by atoms with Crippen LogP contribution in [0.25, 0.3) is 11.7 Å². The van der Waals surface area contributed by atoms with Gasteiger partial charge in [0, 0.05) is 6.54 Å². The van der Waals surface area contributed by atoms with E-state index < -0.39 is 5.76 Å². The van der Waals surface area contributed by atoms with Crippen molar-refractivity contribution in [3.05, 3.63) is 40.6 Å². The fraction of sp³-hybridized carbons (Fsp3) is 0.438. The van der Waals surface area contributed by atoms with E-state index in [1.807, 2.05) is 0 Å². The van der Waals surface area contributed by atoms with Crippen molar-refractivity contribution >= 4 is 5.91 Å². The van der Waals surface area contributed by atoms with Gasteiger partial charge < -0.3 is 14.2 Å². The van der Waals surface area contributed by atoms with Crippen LogP contribution >= 0.6 is 0 Å². The average molecular weight is 317 g/mol. The standard InChI is InChI=1S/C16H19N3O4/c20-14(17-9-8-12-5-2-1-3-6-12)11-19-16(21)23-15(18-19)13-7-4-10-22-13/h4-5,7,10H,1-3,6,8-9,11H2,(H,17,20). The topological polar surface area (TPSA) is 90.3 Å². The molecule has 0 saturated carbocycles. The van der Waals surface area contributed by atoms with Crippen LogP contribution < -0.4 is 11.1 Å². The van der Waals surface area contributed by atoms with Gasteiger partial charge in [0.2, 0.25) is 5.91 Å². The van der Waals surface area contributed by atoms with E-state index in [-0.39, 0.29) is 18.3 Å². The van der Waals surface area contributed by atoms with Gasteiger partial charge in [-0.15, -0.1) is 5.10 Å². The molecule has 1 aliphatic rings. The summed E-state index contributed by atoms with van der Waals surface area (Å²) < 4.78 is 11.1. The Hall–Kier alpha value is -2.57. The van der Waals surface area contributed by atoms with E-state index >= 15 is 0 Å². The summed E-state index contributed by atoms with van der Waals surface area (Å²) in [5.41, 5.74) is 1.40. The van der Waals surface area contributed by atoms with Gasteiger partial charge in [-0.05, 0) is 44.2 Å². The van der Waals surface area contributed by atoms with Gasteiger partial charge in [-0.2, -0.15) is 4.68 Å². The lowest BCUT2D eigenvalue weighted by atomic mass is 9.97. The summed E-state index contributed by atoms with van der Waals surface area (Å²) in [6, 6.07) is 3.30. The lowest BCUT2D eigenvalue weighted by Gasteiger charge is -2.12. The zero-order valence-electron chi connectivity index (χ0n) is 12.8. The third kappa shape index (κ3) is 4.00. The minimum Gasteiger partial charge on any atom is -0.459 e. The Kier molecular flexibility index (Phi) is 4.75. The van der Waals surface area contributed by atoms with Crippen molar-refractivity contribution in [1.29, 1.82) is 0 Å². The number of furan rings is 1. The predicted octanol–water partition coefficient (Wildman–Crippen LogP) is 2.10. The molecule has 0 unspecified atom stereocenters. The molecule has 7 heteroatoms. The number of nitrogens with one attached hydrogen (secondary N) is 1. The number of nitrogens with zero attached hydrogens (tertiary/aromatic N) is 2. The van der Waals surface area contributed by atoms with Crippen LogP contribution in [0.2, 0.25) is 0 Å². The van der Waals surface area contributed by atoms with Gasteiger partial charge in [0.1, 0.15) is 6.54 Å². The fourth-order valence-corrected chi connectivity index (χ4v) is 2.59. The van der Waals surface area contributed by atoms with Crippen molar-refractivity contribution in [3.63, 3.8) is 0 Å². The molecular weight excluding hydrogens is 298 g/mol. The molecule has 2 aromatic heterocycles. The molecule has 2 heterocycles. The van der Waals surface area contributed by atoms with Crippen LogP contribution in [0.5, 0.6) is 0 Å². The zero-order chi connectivity index (χ0) is 16.1. The maximum Gasteiger partial charge on any atom is 0.437 e. The number of carbonyl (C=O) groups is 1. The molecular formula is C16H19N3O4. The van der Waals surface area contributed by atoms with Crippen molar-refractivity contribution in [1.82, 2.24) is 15.1 Å². The third-order valence-electron chi connectivity index (χ3n) is 3.78. The summed E-state index contributed by atoms with van der Waals surface area (Å²) >= 11 is 0. The average Bonchev–Trinajstić information content (AvgIpc) is 3.19. The van der Waals surface area contributed by atoms with Gasteiger partial charge in [-0.3, -0.25) is 4.79 Å². The first-order valence-corrected chi connectivity index (χ1v) is 7.79. The second-order valence-corrected chi connectivity index (χ2v) is 5.52. The van der Waals surface area contributed by atoms with Crippen molar-refractivity contribution < 1.29 is 13.6 Å². The summed E-state index contributed by atoms with van der Waals surface area (Å²) in [6.07, 6.45) is 9.30. The summed E-state index contributed by atoms with van der Waals surface area (Å²) in [6.45, 7) is 0.407. The van der Waals surface area contributed by atoms with E-state index in [0.717, 1.165) is 23.9 Å². The molecule has 0 aliphatic heterocycles. The molecule has 1 amide bonds. The molecule has 2 aromatic rings. The van der Waals surface area contributed by atoms with E-state index in [1.165, 1.54) is 24.7 Å². The molecule has 1 aliphatic carbocycles. The Bertz CT molecular complexity index is 740. The molecule has 0 radical (unpaired) electrons. The highest BCUT2D eigenvalue weighted by molar-refractivity contribution is 5.75. The number of rotatable bonds is 6. The molecule has 0 aromatic carbocycles. The van der Waals surface area contributed by atoms with Gasteiger partial charge in [-0.1, -0.05) is 11.6 Å². The maximum atomic E-state index is 11.9. The number of carbonyl (C=O) groups excluding carboxylic acids is 1. The van der Waals surface area contributed by atoms with E-state index in [9.17, 15) is 9.59 Å². The Morgan fingerprint density at radius 2 is 2.30 bits per heavy atom. The maximum absolute atomic E-state index is 11.9. The highest BCUT2D eigenvalue weighted by atomic mass is 16.4. The Labute approximate surface area is 133 Å². The monoisotopic (exact) mass is 317 g/mol. The summed E-state index contributed by atoms with van der Waals surface area (Å²) in [5, 5.41) is 6.77. The summed E-state index contributed by atoms with van der Waals surface area (Å²) in [5.74, 6) is -0.519. The van der Waals surface area contributed by atoms with Crippen molar-refractivity contribution in [2.75, 3.05) is 6.54 Å². The van der Waals surface area contributed by atoms with Crippen LogP contribution in [0.15, 0.2) is 43.7 Å². The summed E-state index contributed by atoms with van der Waals surface area (Å²) in [4.78, 5) is 23.6. The number of amides is 1. The molecule has 23 heavy (non-hydrogen) atoms. The quantitative estimate of drug-likeness (QED) is 0.824. The zero-order valence-corrected chi connectivity index (χ0v) is 12.8. The van der Waals surface area contributed by atoms with Gasteiger partial charge in [-0.25, -0.2) is 4.79 Å². The largest absolute Gasteiger partial charge is 0.459 e. The van der Waals surface area contributed by atoms with Crippen LogP contribution in [-0.2, 0) is 11.3 Å². The normalized spacial score (nSPS) is 14.5. The lowest BCUT2D eigenvalue weighted by molar-refractivity contribution is -0.121. The lowest BCUT2D eigenvalue weighted by Crippen LogP contribution is -2.32. The van der Waals surface area contributed by atoms with Crippen molar-refractivity contribution in [3.8, 4) is 11.7 Å². The molecule has 0 bridgehead atoms. The first-order chi connectivity index (χ1) is 11.2. The van der Waals surface area contributed by atoms with Crippen molar-refractivity contribution in [2.45, 2.75) is 38.6 Å². The van der Waals surface area contributed by atoms with Crippen molar-refractivity contribution in [2.24, 2.45) is 0 Å². The van der Waals surface area contributed by atoms with E-state index in [2.05, 4.69) is 16.5 Å². The number of aromatic nitrogens is 2. The SMILES string of the molecule is O=C(Cn1nc(-c2ccco2)oc1=O)NCCC1=CCCCC1. The highest BCUT2D eigenvalue weighted by Gasteiger charge is 2.14. The minimum absolute atomic E-state index is 0.0696. The van der Waals surface area contributed by atoms with Gasteiger partial charge in [0.05, 0.1) is 6.26 Å². The second kappa shape index (κ2) is 7.13. The number of allylic oxidation sites excluding steroid dienone is 1. The Morgan fingerprint density at radius 3 is 3.04 bits per heavy atom. The summed E-state index contributed by atoms with van der Waals surface area (Å²) in [7, 11) is 0. The Morgan fingerprint density at radius 1 is 1.39 bits per heavy atom. The molecule has 0 fully saturated rings. The van der Waals surface area contributed by atoms with Gasteiger partial charge in [0.25, 0.3) is 5.89 Å². The fourth-order valence-electron chi connectivity index (χ4n) is 2.59. The minimum atomic E-state index is -0.679. The van der Waals surface area contributed by atoms with Gasteiger partial charge >= 0.3 is 5.76 Å². The molecule has 7 nitrogen and oxygen atoms in total. The molecule has 0 atom stereocenters. The smallest absolute Gasteiger partial charge is 0.437 e. The van der Waals surface area contributed by atoms with E-state index in [4.69, 9.17) is 8.83 Å². The first-order valence-electron chi connectivity index (χ1n) is 7.79. The van der Waals surface area contributed by atoms with Gasteiger partial charge in [0.15, 0.2) is 5.76 Å². The molecule has 0 saturated heterocycles. The molecule has 3 rings (SSSR count). The van der Waals surface area contributed by atoms with Crippen LogP contribution in [-0.4, -0.2) is 22.2 Å². The predicted molar refractivity (Wildman–Crippen MR) is 82.6 cm³/mol. The molecule has 1 N–H and O–H groups in total. The van der Waals surface area contributed by atoms with E-state index in [0.29, 0.717) is 12.3 Å². The van der Waals surface area contributed by atoms with Crippen LogP contribution in [0.4, 0.5) is 0 Å². The number of hydrogen-bond donors (Lipinski definition) is 1. The molecule has 122 valence electrons. The van der Waals surface area contributed by atoms with Crippen LogP contribution in [0.3, 0.4) is 0 Å². The number of hydrogen-bond acceptors (Lipinski definition) is 5. The van der Waals surface area contributed by atoms with Crippen LogP contribution in [0.1, 0.15) is 32.1 Å². The van der Waals surface area contributed by atoms with Crippen LogP contribution in [0, 0.1) is 0 Å². The first kappa shape index (κ1) is 15.3. The highest BCUT2D eigenvalue weighted by Crippen LogP contribution is 2.19. The van der Waals surface area contributed by atoms with E-state index in [1.54, 1.807) is 12.1 Å². The molecule has 0 spiro atoms.